The van der Waals surface area contributed by atoms with Crippen LogP contribution in [0.4, 0.5) is 10.5 Å². The molecule has 2 aliphatic rings. The zero-order valence-corrected chi connectivity index (χ0v) is 20.7. The molecule has 0 spiro atoms. The lowest BCUT2D eigenvalue weighted by molar-refractivity contribution is -0.115. The van der Waals surface area contributed by atoms with E-state index in [4.69, 9.17) is 9.47 Å². The summed E-state index contributed by atoms with van der Waals surface area (Å²) in [6.45, 7) is 3.34. The third-order valence-corrected chi connectivity index (χ3v) is 6.79. The fourth-order valence-electron chi connectivity index (χ4n) is 4.11. The first-order valence-corrected chi connectivity index (χ1v) is 12.4. The molecule has 0 radical (unpaired) electrons. The van der Waals surface area contributed by atoms with Gasteiger partial charge in [-0.3, -0.25) is 19.9 Å². The van der Waals surface area contributed by atoms with Gasteiger partial charge in [0.25, 0.3) is 11.1 Å². The molecule has 2 saturated heterocycles. The zero-order valence-electron chi connectivity index (χ0n) is 19.9. The van der Waals surface area contributed by atoms with Crippen LogP contribution in [-0.4, -0.2) is 45.3 Å². The summed E-state index contributed by atoms with van der Waals surface area (Å²) in [5.74, 6) is 0.939. The van der Waals surface area contributed by atoms with Crippen molar-refractivity contribution in [2.24, 2.45) is 0 Å². The third kappa shape index (κ3) is 5.54. The van der Waals surface area contributed by atoms with Crippen molar-refractivity contribution in [2.75, 3.05) is 18.0 Å². The third-order valence-electron chi connectivity index (χ3n) is 5.98. The fourth-order valence-corrected chi connectivity index (χ4v) is 4.80. The van der Waals surface area contributed by atoms with Crippen molar-refractivity contribution in [3.8, 4) is 23.6 Å². The van der Waals surface area contributed by atoms with Gasteiger partial charge in [0.05, 0.1) is 21.7 Å². The Hall–Kier alpha value is -4.43. The number of nitrogens with zero attached hydrogens (tertiary/aromatic N) is 5. The SMILES string of the molecule is Cc1c(Oc2cccc(/C=C3\SC(=O)NC3=O)c2)ncnc1OC1CCN(c2ccncc2C#N)CC1. The molecule has 11 heteroatoms. The number of ether oxygens (including phenoxy) is 2. The van der Waals surface area contributed by atoms with Gasteiger partial charge in [-0.25, -0.2) is 9.97 Å². The van der Waals surface area contributed by atoms with E-state index in [1.54, 1.807) is 36.7 Å². The van der Waals surface area contributed by atoms with Gasteiger partial charge in [-0.1, -0.05) is 12.1 Å². The first-order valence-electron chi connectivity index (χ1n) is 11.6. The smallest absolute Gasteiger partial charge is 0.290 e. The minimum Gasteiger partial charge on any atom is -0.474 e. The summed E-state index contributed by atoms with van der Waals surface area (Å²) in [5.41, 5.74) is 2.84. The number of nitrogens with one attached hydrogen (secondary N) is 1. The van der Waals surface area contributed by atoms with Crippen molar-refractivity contribution in [3.05, 3.63) is 70.6 Å². The van der Waals surface area contributed by atoms with Crippen molar-refractivity contribution in [3.63, 3.8) is 0 Å². The lowest BCUT2D eigenvalue weighted by Gasteiger charge is -2.34. The first kappa shape index (κ1) is 24.3. The number of hydrogen-bond acceptors (Lipinski definition) is 10. The molecule has 5 rings (SSSR count). The second-order valence-electron chi connectivity index (χ2n) is 8.44. The molecule has 0 unspecified atom stereocenters. The minimum atomic E-state index is -0.410. The van der Waals surface area contributed by atoms with E-state index in [1.807, 2.05) is 19.1 Å². The Labute approximate surface area is 217 Å². The number of carbonyl (C=O) groups is 2. The average Bonchev–Trinajstić information content (AvgIpc) is 3.23. The molecule has 0 saturated carbocycles. The highest BCUT2D eigenvalue weighted by molar-refractivity contribution is 8.18. The Morgan fingerprint density at radius 3 is 2.76 bits per heavy atom. The largest absolute Gasteiger partial charge is 0.474 e. The van der Waals surface area contributed by atoms with Crippen LogP contribution in [0.2, 0.25) is 0 Å². The highest BCUT2D eigenvalue weighted by Crippen LogP contribution is 2.31. The molecule has 3 aromatic rings. The second-order valence-corrected chi connectivity index (χ2v) is 9.46. The molecular weight excluding hydrogens is 492 g/mol. The van der Waals surface area contributed by atoms with E-state index in [2.05, 4.69) is 31.2 Å². The Kier molecular flexibility index (Phi) is 7.00. The van der Waals surface area contributed by atoms with Crippen LogP contribution in [0.5, 0.6) is 17.5 Å². The summed E-state index contributed by atoms with van der Waals surface area (Å²) in [7, 11) is 0. The highest BCUT2D eigenvalue weighted by atomic mass is 32.2. The Bertz CT molecular complexity index is 1430. The molecular formula is C26H22N6O4S. The van der Waals surface area contributed by atoms with Gasteiger partial charge in [-0.05, 0) is 48.5 Å². The average molecular weight is 515 g/mol. The summed E-state index contributed by atoms with van der Waals surface area (Å²) in [6.07, 6.45) is 7.84. The molecule has 2 aromatic heterocycles. The molecule has 2 aliphatic heterocycles. The molecule has 186 valence electrons. The van der Waals surface area contributed by atoms with Crippen LogP contribution >= 0.6 is 11.8 Å². The number of thioether (sulfide) groups is 1. The molecule has 2 fully saturated rings. The molecule has 4 heterocycles. The molecule has 0 bridgehead atoms. The van der Waals surface area contributed by atoms with Crippen molar-refractivity contribution >= 4 is 34.7 Å². The lowest BCUT2D eigenvalue weighted by atomic mass is 10.1. The van der Waals surface area contributed by atoms with Crippen molar-refractivity contribution in [2.45, 2.75) is 25.9 Å². The number of carbonyl (C=O) groups excluding carboxylic acids is 2. The predicted octanol–water partition coefficient (Wildman–Crippen LogP) is 4.22. The molecule has 1 N–H and O–H groups in total. The molecule has 0 atom stereocenters. The number of aromatic nitrogens is 3. The maximum Gasteiger partial charge on any atom is 0.290 e. The topological polar surface area (TPSA) is 130 Å². The standard InChI is InChI=1S/C26H22N6O4S/c1-16-24(35-19-6-9-32(10-7-19)21-5-8-28-14-18(21)13-27)29-15-30-25(16)36-20-4-2-3-17(11-20)12-22-23(33)31-26(34)37-22/h2-5,8,11-12,14-15,19H,6-7,9-10H2,1H3,(H,31,33,34)/b22-12-. The monoisotopic (exact) mass is 514 g/mol. The summed E-state index contributed by atoms with van der Waals surface area (Å²) in [6, 6.07) is 11.2. The van der Waals surface area contributed by atoms with Gasteiger partial charge >= 0.3 is 0 Å². The zero-order chi connectivity index (χ0) is 25.8. The molecule has 10 nitrogen and oxygen atoms in total. The van der Waals surface area contributed by atoms with E-state index in [1.165, 1.54) is 6.33 Å². The second kappa shape index (κ2) is 10.7. The normalized spacial score (nSPS) is 17.0. The van der Waals surface area contributed by atoms with Gasteiger partial charge in [0, 0.05) is 38.3 Å². The van der Waals surface area contributed by atoms with Crippen LogP contribution in [0, 0.1) is 18.3 Å². The van der Waals surface area contributed by atoms with Gasteiger partial charge in [0.1, 0.15) is 24.3 Å². The maximum absolute atomic E-state index is 11.8. The van der Waals surface area contributed by atoms with Gasteiger partial charge in [-0.2, -0.15) is 5.26 Å². The number of amides is 2. The molecule has 1 aromatic carbocycles. The van der Waals surface area contributed by atoms with Gasteiger partial charge < -0.3 is 14.4 Å². The minimum absolute atomic E-state index is 0.0298. The van der Waals surface area contributed by atoms with Crippen LogP contribution in [0.15, 0.2) is 54.0 Å². The van der Waals surface area contributed by atoms with E-state index < -0.39 is 5.91 Å². The van der Waals surface area contributed by atoms with E-state index in [9.17, 15) is 14.9 Å². The van der Waals surface area contributed by atoms with E-state index >= 15 is 0 Å². The quantitative estimate of drug-likeness (QED) is 0.477. The number of imide groups is 1. The molecule has 2 amide bonds. The van der Waals surface area contributed by atoms with Gasteiger partial charge in [-0.15, -0.1) is 0 Å². The van der Waals surface area contributed by atoms with Crippen LogP contribution in [0.3, 0.4) is 0 Å². The summed E-state index contributed by atoms with van der Waals surface area (Å²) in [4.78, 5) is 38.3. The van der Waals surface area contributed by atoms with Crippen molar-refractivity contribution in [1.29, 1.82) is 5.26 Å². The summed E-state index contributed by atoms with van der Waals surface area (Å²) >= 11 is 0.863. The number of hydrogen-bond donors (Lipinski definition) is 1. The van der Waals surface area contributed by atoms with Crippen LogP contribution in [0.1, 0.15) is 29.5 Å². The summed E-state index contributed by atoms with van der Waals surface area (Å²) in [5, 5.41) is 11.2. The van der Waals surface area contributed by atoms with Crippen LogP contribution in [0.25, 0.3) is 6.08 Å². The number of benzene rings is 1. The lowest BCUT2D eigenvalue weighted by Crippen LogP contribution is -2.38. The number of rotatable bonds is 6. The molecule has 37 heavy (non-hydrogen) atoms. The van der Waals surface area contributed by atoms with Gasteiger partial charge in [0.2, 0.25) is 11.8 Å². The number of anilines is 1. The Morgan fingerprint density at radius 2 is 2.00 bits per heavy atom. The fraction of sp³-hybridized carbons (Fsp3) is 0.231. The Balaban J connectivity index is 1.24. The van der Waals surface area contributed by atoms with Crippen LogP contribution in [-0.2, 0) is 4.79 Å². The predicted molar refractivity (Wildman–Crippen MR) is 137 cm³/mol. The van der Waals surface area contributed by atoms with E-state index in [0.717, 1.165) is 43.4 Å². The maximum atomic E-state index is 11.8. The number of piperidine rings is 1. The highest BCUT2D eigenvalue weighted by Gasteiger charge is 2.26. The molecule has 0 aliphatic carbocycles. The van der Waals surface area contributed by atoms with Crippen LogP contribution < -0.4 is 19.7 Å². The summed E-state index contributed by atoms with van der Waals surface area (Å²) < 4.78 is 12.2. The number of nitriles is 1. The van der Waals surface area contributed by atoms with E-state index in [0.29, 0.717) is 39.1 Å². The van der Waals surface area contributed by atoms with E-state index in [-0.39, 0.29) is 11.3 Å². The van der Waals surface area contributed by atoms with Gasteiger partial charge in [0.15, 0.2) is 0 Å². The van der Waals surface area contributed by atoms with Crippen molar-refractivity contribution in [1.82, 2.24) is 20.3 Å². The number of pyridine rings is 1. The van der Waals surface area contributed by atoms with Crippen molar-refractivity contribution < 1.29 is 19.1 Å². The Morgan fingerprint density at radius 1 is 1.19 bits per heavy atom. The first-order chi connectivity index (χ1) is 18.0.